The highest BCUT2D eigenvalue weighted by molar-refractivity contribution is 7.17. The van der Waals surface area contributed by atoms with Crippen molar-refractivity contribution >= 4 is 29.0 Å². The van der Waals surface area contributed by atoms with Crippen molar-refractivity contribution in [1.82, 2.24) is 9.97 Å². The minimum Gasteiger partial charge on any atom is -0.477 e. The van der Waals surface area contributed by atoms with Gasteiger partial charge in [-0.3, -0.25) is 9.78 Å². The Morgan fingerprint density at radius 3 is 3.00 bits per heavy atom. The zero-order valence-corrected chi connectivity index (χ0v) is 13.8. The van der Waals surface area contributed by atoms with Crippen molar-refractivity contribution < 1.29 is 9.53 Å². The average Bonchev–Trinajstić information content (AvgIpc) is 3.16. The first-order valence-electron chi connectivity index (χ1n) is 7.34. The number of nitrogens with zero attached hydrogens (tertiary/aromatic N) is 4. The summed E-state index contributed by atoms with van der Waals surface area (Å²) in [7, 11) is 0. The van der Waals surface area contributed by atoms with E-state index in [2.05, 4.69) is 20.2 Å². The Bertz CT molecular complexity index is 795. The van der Waals surface area contributed by atoms with E-state index in [9.17, 15) is 4.79 Å². The maximum atomic E-state index is 11.3. The van der Waals surface area contributed by atoms with E-state index in [1.807, 2.05) is 19.1 Å². The van der Waals surface area contributed by atoms with Crippen LogP contribution in [0.3, 0.4) is 0 Å². The Hall–Kier alpha value is -2.41. The third-order valence-electron chi connectivity index (χ3n) is 3.18. The van der Waals surface area contributed by atoms with Gasteiger partial charge in [0.1, 0.15) is 15.7 Å². The maximum Gasteiger partial charge on any atom is 0.234 e. The van der Waals surface area contributed by atoms with Crippen LogP contribution in [0.4, 0.5) is 0 Å². The zero-order valence-electron chi connectivity index (χ0n) is 12.9. The molecule has 1 aliphatic rings. The number of ether oxygens (including phenoxy) is 1. The number of hydrogen-bond donors (Lipinski definition) is 0. The quantitative estimate of drug-likeness (QED) is 0.817. The number of ketones is 1. The Morgan fingerprint density at radius 1 is 1.43 bits per heavy atom. The third-order valence-corrected chi connectivity index (χ3v) is 4.31. The van der Waals surface area contributed by atoms with Crippen LogP contribution in [-0.4, -0.2) is 34.3 Å². The van der Waals surface area contributed by atoms with Gasteiger partial charge in [-0.1, -0.05) is 0 Å². The highest BCUT2D eigenvalue weighted by Gasteiger charge is 2.20. The van der Waals surface area contributed by atoms with Gasteiger partial charge in [0, 0.05) is 36.5 Å². The zero-order chi connectivity index (χ0) is 16.2. The van der Waals surface area contributed by atoms with Crippen LogP contribution in [0, 0.1) is 0 Å². The summed E-state index contributed by atoms with van der Waals surface area (Å²) in [5, 5.41) is 8.87. The van der Waals surface area contributed by atoms with E-state index in [-0.39, 0.29) is 5.78 Å². The summed E-state index contributed by atoms with van der Waals surface area (Å²) < 4.78 is 5.64. The first kappa shape index (κ1) is 15.5. The molecule has 3 heterocycles. The molecule has 0 atom stereocenters. The SMILES string of the molecule is CCOc1nc(-c2ccnc(CC(C)=O)c2)sc1C1=NN=CC1. The summed E-state index contributed by atoms with van der Waals surface area (Å²) in [5.41, 5.74) is 2.54. The van der Waals surface area contributed by atoms with Crippen molar-refractivity contribution in [3.05, 3.63) is 28.9 Å². The molecule has 0 amide bonds. The van der Waals surface area contributed by atoms with E-state index >= 15 is 0 Å². The lowest BCUT2D eigenvalue weighted by molar-refractivity contribution is -0.116. The lowest BCUT2D eigenvalue weighted by atomic mass is 10.1. The molecule has 23 heavy (non-hydrogen) atoms. The average molecular weight is 328 g/mol. The molecular formula is C16H16N4O2S. The summed E-state index contributed by atoms with van der Waals surface area (Å²) in [6, 6.07) is 3.78. The fourth-order valence-corrected chi connectivity index (χ4v) is 3.23. The largest absolute Gasteiger partial charge is 0.477 e. The Labute approximate surface area is 138 Å². The van der Waals surface area contributed by atoms with E-state index < -0.39 is 0 Å². The highest BCUT2D eigenvalue weighted by Crippen LogP contribution is 2.34. The van der Waals surface area contributed by atoms with Gasteiger partial charge in [-0.2, -0.15) is 10.2 Å². The van der Waals surface area contributed by atoms with Crippen LogP contribution in [0.15, 0.2) is 28.5 Å². The van der Waals surface area contributed by atoms with E-state index in [0.717, 1.165) is 26.9 Å². The number of rotatable bonds is 6. The van der Waals surface area contributed by atoms with E-state index in [4.69, 9.17) is 4.74 Å². The molecule has 0 aliphatic carbocycles. The molecule has 0 spiro atoms. The van der Waals surface area contributed by atoms with Crippen LogP contribution in [-0.2, 0) is 11.2 Å². The van der Waals surface area contributed by atoms with Gasteiger partial charge in [0.05, 0.1) is 12.3 Å². The van der Waals surface area contributed by atoms with E-state index in [1.54, 1.807) is 19.3 Å². The molecule has 0 unspecified atom stereocenters. The van der Waals surface area contributed by atoms with Crippen molar-refractivity contribution in [3.63, 3.8) is 0 Å². The van der Waals surface area contributed by atoms with E-state index in [0.29, 0.717) is 25.3 Å². The van der Waals surface area contributed by atoms with Gasteiger partial charge in [0.2, 0.25) is 5.88 Å². The predicted molar refractivity (Wildman–Crippen MR) is 90.5 cm³/mol. The number of hydrogen-bond acceptors (Lipinski definition) is 7. The van der Waals surface area contributed by atoms with Crippen molar-refractivity contribution in [1.29, 1.82) is 0 Å². The molecule has 2 aromatic rings. The number of carbonyl (C=O) groups is 1. The fourth-order valence-electron chi connectivity index (χ4n) is 2.23. The van der Waals surface area contributed by atoms with Gasteiger partial charge < -0.3 is 4.74 Å². The van der Waals surface area contributed by atoms with Crippen LogP contribution in [0.1, 0.15) is 30.8 Å². The minimum atomic E-state index is 0.0851. The number of Topliss-reactive ketones (excluding diaryl/α,β-unsaturated/α-hetero) is 1. The predicted octanol–water partition coefficient (Wildman–Crippen LogP) is 2.91. The second-order valence-corrected chi connectivity index (χ2v) is 6.05. The van der Waals surface area contributed by atoms with Crippen molar-refractivity contribution in [3.8, 4) is 16.5 Å². The first-order chi connectivity index (χ1) is 11.2. The van der Waals surface area contributed by atoms with Gasteiger partial charge in [-0.05, 0) is 26.0 Å². The summed E-state index contributed by atoms with van der Waals surface area (Å²) in [6.45, 7) is 4.02. The summed E-state index contributed by atoms with van der Waals surface area (Å²) in [6.07, 6.45) is 4.48. The molecule has 118 valence electrons. The van der Waals surface area contributed by atoms with Crippen LogP contribution in [0.2, 0.25) is 0 Å². The van der Waals surface area contributed by atoms with Gasteiger partial charge in [-0.25, -0.2) is 4.98 Å². The standard InChI is InChI=1S/C16H16N4O2S/c1-3-22-15-14(13-5-7-18-20-13)23-16(19-15)11-4-6-17-12(9-11)8-10(2)21/h4,6-7,9H,3,5,8H2,1-2H3. The number of carbonyl (C=O) groups excluding carboxylic acids is 1. The Balaban J connectivity index is 1.96. The minimum absolute atomic E-state index is 0.0851. The van der Waals surface area contributed by atoms with Crippen molar-refractivity contribution in [2.75, 3.05) is 6.61 Å². The highest BCUT2D eigenvalue weighted by atomic mass is 32.1. The van der Waals surface area contributed by atoms with Crippen LogP contribution >= 0.6 is 11.3 Å². The molecule has 0 saturated heterocycles. The monoisotopic (exact) mass is 328 g/mol. The summed E-state index contributed by atoms with van der Waals surface area (Å²) in [5.74, 6) is 0.670. The normalized spacial score (nSPS) is 13.2. The molecule has 0 radical (unpaired) electrons. The molecule has 3 rings (SSSR count). The van der Waals surface area contributed by atoms with Gasteiger partial charge in [-0.15, -0.1) is 11.3 Å². The Morgan fingerprint density at radius 2 is 2.30 bits per heavy atom. The molecule has 0 saturated carbocycles. The van der Waals surface area contributed by atoms with Gasteiger partial charge in [0.15, 0.2) is 0 Å². The van der Waals surface area contributed by atoms with E-state index in [1.165, 1.54) is 11.3 Å². The van der Waals surface area contributed by atoms with Crippen LogP contribution < -0.4 is 4.74 Å². The number of thiazole rings is 1. The van der Waals surface area contributed by atoms with Crippen molar-refractivity contribution in [2.24, 2.45) is 10.2 Å². The van der Waals surface area contributed by atoms with Gasteiger partial charge in [0.25, 0.3) is 0 Å². The van der Waals surface area contributed by atoms with Crippen LogP contribution in [0.25, 0.3) is 10.6 Å². The second kappa shape index (κ2) is 6.78. The molecule has 0 fully saturated rings. The molecule has 1 aliphatic heterocycles. The fraction of sp³-hybridized carbons (Fsp3) is 0.312. The third kappa shape index (κ3) is 3.50. The van der Waals surface area contributed by atoms with Gasteiger partial charge >= 0.3 is 0 Å². The smallest absolute Gasteiger partial charge is 0.234 e. The molecular weight excluding hydrogens is 312 g/mol. The molecule has 7 heteroatoms. The maximum absolute atomic E-state index is 11.3. The topological polar surface area (TPSA) is 76.8 Å². The Kier molecular flexibility index (Phi) is 4.57. The first-order valence-corrected chi connectivity index (χ1v) is 8.16. The number of aromatic nitrogens is 2. The summed E-state index contributed by atoms with van der Waals surface area (Å²) >= 11 is 1.52. The number of pyridine rings is 1. The van der Waals surface area contributed by atoms with Crippen molar-refractivity contribution in [2.45, 2.75) is 26.7 Å². The molecule has 6 nitrogen and oxygen atoms in total. The lowest BCUT2D eigenvalue weighted by Gasteiger charge is -2.01. The second-order valence-electron chi connectivity index (χ2n) is 5.05. The lowest BCUT2D eigenvalue weighted by Crippen LogP contribution is -2.00. The molecule has 0 N–H and O–H groups in total. The molecule has 2 aromatic heterocycles. The molecule has 0 bridgehead atoms. The van der Waals surface area contributed by atoms with Crippen LogP contribution in [0.5, 0.6) is 5.88 Å². The molecule has 0 aromatic carbocycles. The summed E-state index contributed by atoms with van der Waals surface area (Å²) in [4.78, 5) is 21.0.